The van der Waals surface area contributed by atoms with Crippen molar-refractivity contribution >= 4 is 30.0 Å². The average molecular weight is 457 g/mol. The van der Waals surface area contributed by atoms with Crippen molar-refractivity contribution in [2.75, 3.05) is 32.7 Å². The van der Waals surface area contributed by atoms with Gasteiger partial charge in [0.1, 0.15) is 6.54 Å². The van der Waals surface area contributed by atoms with Gasteiger partial charge in [-0.2, -0.15) is 0 Å². The van der Waals surface area contributed by atoms with Gasteiger partial charge in [0.15, 0.2) is 0 Å². The van der Waals surface area contributed by atoms with Crippen molar-refractivity contribution in [3.8, 4) is 0 Å². The third kappa shape index (κ3) is 4.32. The molecule has 0 radical (unpaired) electrons. The smallest absolute Gasteiger partial charge is 0.301 e. The van der Waals surface area contributed by atoms with E-state index in [1.165, 1.54) is 46.4 Å². The van der Waals surface area contributed by atoms with E-state index in [1.807, 2.05) is 0 Å². The molecule has 0 spiro atoms. The SMILES string of the molecule is NC(=O)C1CC[N+](C=O)(CCN2CCCCC2=C2c3ccccc3C=Cc3ccccc32)CC1. The maximum atomic E-state index is 12.2. The van der Waals surface area contributed by atoms with Crippen LogP contribution >= 0.6 is 0 Å². The Balaban J connectivity index is 1.48. The Morgan fingerprint density at radius 1 is 0.971 bits per heavy atom. The molecule has 5 nitrogen and oxygen atoms in total. The van der Waals surface area contributed by atoms with Crippen LogP contribution in [0, 0.1) is 5.92 Å². The van der Waals surface area contributed by atoms with Gasteiger partial charge in [0.05, 0.1) is 19.6 Å². The van der Waals surface area contributed by atoms with Gasteiger partial charge in [0.25, 0.3) is 0 Å². The number of carbonyl (C=O) groups is 2. The lowest BCUT2D eigenvalue weighted by atomic mass is 9.88. The lowest BCUT2D eigenvalue weighted by Crippen LogP contribution is -2.56. The zero-order chi connectivity index (χ0) is 23.5. The molecule has 0 unspecified atom stereocenters. The first-order valence-corrected chi connectivity index (χ1v) is 12.6. The number of nitrogens with zero attached hydrogens (tertiary/aromatic N) is 2. The van der Waals surface area contributed by atoms with Crippen molar-refractivity contribution in [2.24, 2.45) is 11.7 Å². The molecule has 1 aliphatic carbocycles. The average Bonchev–Trinajstić information content (AvgIpc) is 3.05. The van der Waals surface area contributed by atoms with Crippen molar-refractivity contribution in [3.05, 3.63) is 76.5 Å². The predicted molar refractivity (Wildman–Crippen MR) is 136 cm³/mol. The van der Waals surface area contributed by atoms with E-state index in [2.05, 4.69) is 65.6 Å². The Hall–Kier alpha value is -3.18. The summed E-state index contributed by atoms with van der Waals surface area (Å²) in [5.74, 6) is -0.323. The van der Waals surface area contributed by atoms with Gasteiger partial charge in [-0.05, 0) is 41.5 Å². The Morgan fingerprint density at radius 3 is 2.18 bits per heavy atom. The molecule has 2 aliphatic heterocycles. The van der Waals surface area contributed by atoms with E-state index < -0.39 is 0 Å². The van der Waals surface area contributed by atoms with E-state index in [-0.39, 0.29) is 11.8 Å². The molecule has 2 aromatic rings. The highest BCUT2D eigenvalue weighted by atomic mass is 16.1. The lowest BCUT2D eigenvalue weighted by Gasteiger charge is -2.41. The van der Waals surface area contributed by atoms with Gasteiger partial charge in [0, 0.05) is 36.6 Å². The van der Waals surface area contributed by atoms with Gasteiger partial charge in [-0.3, -0.25) is 9.28 Å². The first-order chi connectivity index (χ1) is 16.6. The van der Waals surface area contributed by atoms with Crippen LogP contribution in [0.5, 0.6) is 0 Å². The van der Waals surface area contributed by atoms with Gasteiger partial charge in [-0.15, -0.1) is 0 Å². The summed E-state index contributed by atoms with van der Waals surface area (Å²) in [6.07, 6.45) is 10.4. The lowest BCUT2D eigenvalue weighted by molar-refractivity contribution is -0.851. The second kappa shape index (κ2) is 9.59. The van der Waals surface area contributed by atoms with Crippen LogP contribution in [0.2, 0.25) is 0 Å². The molecule has 0 aromatic heterocycles. The number of piperidine rings is 2. The number of carbonyl (C=O) groups excluding carboxylic acids is 2. The summed E-state index contributed by atoms with van der Waals surface area (Å²) in [7, 11) is 0. The third-order valence-corrected chi connectivity index (χ3v) is 7.95. The van der Waals surface area contributed by atoms with Gasteiger partial charge in [-0.25, -0.2) is 4.79 Å². The fraction of sp³-hybridized carbons (Fsp3) is 0.379. The second-order valence-corrected chi connectivity index (χ2v) is 9.95. The molecule has 5 rings (SSSR count). The van der Waals surface area contributed by atoms with Crippen molar-refractivity contribution in [2.45, 2.75) is 32.1 Å². The Kier molecular flexibility index (Phi) is 6.38. The summed E-state index contributed by atoms with van der Waals surface area (Å²) in [4.78, 5) is 26.3. The molecule has 0 saturated carbocycles. The van der Waals surface area contributed by atoms with Crippen LogP contribution in [-0.2, 0) is 9.59 Å². The Bertz CT molecular complexity index is 1090. The van der Waals surface area contributed by atoms with E-state index in [9.17, 15) is 9.59 Å². The van der Waals surface area contributed by atoms with Gasteiger partial charge < -0.3 is 10.6 Å². The first kappa shape index (κ1) is 22.6. The number of fused-ring (bicyclic) bond motifs is 2. The number of nitrogens with two attached hydrogens (primary N) is 1. The number of likely N-dealkylation sites (tertiary alicyclic amines) is 2. The van der Waals surface area contributed by atoms with Gasteiger partial charge >= 0.3 is 6.41 Å². The molecule has 0 bridgehead atoms. The standard InChI is InChI=1S/C29H33N3O2/c30-29(34)24-14-18-32(21-33,19-15-24)20-17-31-16-6-5-11-27(31)28-25-9-3-1-7-22(25)12-13-23-8-2-4-10-26(23)28/h1-4,7-10,12-13,21,24H,5-6,11,14-20H2,(H-,30,34)/p+1. The predicted octanol–water partition coefficient (Wildman–Crippen LogP) is 4.28. The van der Waals surface area contributed by atoms with Crippen LogP contribution < -0.4 is 5.73 Å². The van der Waals surface area contributed by atoms with Crippen LogP contribution in [0.1, 0.15) is 54.4 Å². The quantitative estimate of drug-likeness (QED) is 0.460. The molecule has 2 saturated heterocycles. The molecule has 2 aromatic carbocycles. The van der Waals surface area contributed by atoms with Crippen LogP contribution in [0.15, 0.2) is 54.2 Å². The third-order valence-electron chi connectivity index (χ3n) is 7.95. The Morgan fingerprint density at radius 2 is 1.59 bits per heavy atom. The van der Waals surface area contributed by atoms with Gasteiger partial charge in [0.2, 0.25) is 5.91 Å². The number of quaternary nitrogens is 1. The number of hydrogen-bond acceptors (Lipinski definition) is 3. The number of rotatable bonds is 5. The van der Waals surface area contributed by atoms with Crippen LogP contribution in [0.25, 0.3) is 17.7 Å². The van der Waals surface area contributed by atoms with E-state index in [1.54, 1.807) is 0 Å². The van der Waals surface area contributed by atoms with Crippen molar-refractivity contribution in [1.82, 2.24) is 4.90 Å². The normalized spacial score (nSPS) is 24.2. The fourth-order valence-corrected chi connectivity index (χ4v) is 5.86. The molecule has 2 fully saturated rings. The second-order valence-electron chi connectivity index (χ2n) is 9.95. The fourth-order valence-electron chi connectivity index (χ4n) is 5.86. The highest BCUT2D eigenvalue weighted by Crippen LogP contribution is 2.39. The van der Waals surface area contributed by atoms with Gasteiger partial charge in [-0.1, -0.05) is 60.7 Å². The number of allylic oxidation sites excluding steroid dienone is 1. The van der Waals surface area contributed by atoms with Crippen LogP contribution in [0.3, 0.4) is 0 Å². The molecule has 34 heavy (non-hydrogen) atoms. The topological polar surface area (TPSA) is 63.4 Å². The van der Waals surface area contributed by atoms with E-state index >= 15 is 0 Å². The maximum absolute atomic E-state index is 12.2. The zero-order valence-electron chi connectivity index (χ0n) is 19.8. The summed E-state index contributed by atoms with van der Waals surface area (Å²) in [5, 5.41) is 0. The zero-order valence-corrected chi connectivity index (χ0v) is 19.8. The number of benzene rings is 2. The number of amides is 2. The summed E-state index contributed by atoms with van der Waals surface area (Å²) < 4.78 is 0.428. The van der Waals surface area contributed by atoms with Crippen LogP contribution in [0.4, 0.5) is 0 Å². The van der Waals surface area contributed by atoms with Crippen molar-refractivity contribution in [1.29, 1.82) is 0 Å². The highest BCUT2D eigenvalue weighted by molar-refractivity contribution is 5.94. The molecule has 2 N–H and O–H groups in total. The molecule has 176 valence electrons. The van der Waals surface area contributed by atoms with E-state index in [0.717, 1.165) is 32.5 Å². The van der Waals surface area contributed by atoms with Crippen LogP contribution in [-0.4, -0.2) is 54.4 Å². The highest BCUT2D eigenvalue weighted by Gasteiger charge is 2.36. The van der Waals surface area contributed by atoms with E-state index in [0.29, 0.717) is 30.4 Å². The summed E-state index contributed by atoms with van der Waals surface area (Å²) in [6, 6.07) is 17.3. The molecular weight excluding hydrogens is 422 g/mol. The largest absolute Gasteiger partial charge is 0.369 e. The number of primary amides is 1. The van der Waals surface area contributed by atoms with E-state index in [4.69, 9.17) is 5.73 Å². The maximum Gasteiger partial charge on any atom is 0.301 e. The molecule has 3 aliphatic rings. The summed E-state index contributed by atoms with van der Waals surface area (Å²) in [5.41, 5.74) is 13.3. The monoisotopic (exact) mass is 456 g/mol. The molecule has 2 amide bonds. The first-order valence-electron chi connectivity index (χ1n) is 12.6. The summed E-state index contributed by atoms with van der Waals surface area (Å²) >= 11 is 0. The van der Waals surface area contributed by atoms with Crippen molar-refractivity contribution in [3.63, 3.8) is 0 Å². The molecule has 2 heterocycles. The van der Waals surface area contributed by atoms with Crippen molar-refractivity contribution < 1.29 is 14.1 Å². The minimum Gasteiger partial charge on any atom is -0.369 e. The molecular formula is C29H34N3O2+. The number of hydrogen-bond donors (Lipinski definition) is 1. The molecule has 0 atom stereocenters. The molecule has 5 heteroatoms. The summed E-state index contributed by atoms with van der Waals surface area (Å²) in [6.45, 7) is 4.03. The Labute approximate surface area is 202 Å². The minimum absolute atomic E-state index is 0.0923. The minimum atomic E-state index is -0.231.